The molecule has 0 N–H and O–H groups in total. The standard InChI is InChI=1S/C13H11IO/c14-10-15-13-8-4-7-12(9-13)11-5-2-1-3-6-11/h1-9H,10H2. The van der Waals surface area contributed by atoms with Crippen molar-refractivity contribution >= 4 is 22.6 Å². The van der Waals surface area contributed by atoms with Gasteiger partial charge in [-0.3, -0.25) is 0 Å². The molecule has 0 atom stereocenters. The largest absolute Gasteiger partial charge is 0.483 e. The summed E-state index contributed by atoms with van der Waals surface area (Å²) < 4.78 is 6.13. The van der Waals surface area contributed by atoms with Gasteiger partial charge in [-0.15, -0.1) is 0 Å². The lowest BCUT2D eigenvalue weighted by atomic mass is 10.1. The summed E-state index contributed by atoms with van der Waals surface area (Å²) in [5.74, 6) is 0.922. The van der Waals surface area contributed by atoms with Gasteiger partial charge in [-0.25, -0.2) is 0 Å². The Hall–Kier alpha value is -1.03. The van der Waals surface area contributed by atoms with Crippen LogP contribution in [0, 0.1) is 0 Å². The lowest BCUT2D eigenvalue weighted by Crippen LogP contribution is -1.88. The number of hydrogen-bond donors (Lipinski definition) is 0. The first-order chi connectivity index (χ1) is 7.40. The molecule has 2 rings (SSSR count). The van der Waals surface area contributed by atoms with Gasteiger partial charge >= 0.3 is 0 Å². The van der Waals surface area contributed by atoms with Gasteiger partial charge in [0.2, 0.25) is 0 Å². The Labute approximate surface area is 103 Å². The van der Waals surface area contributed by atoms with E-state index in [2.05, 4.69) is 46.9 Å². The van der Waals surface area contributed by atoms with Crippen LogP contribution in [0.1, 0.15) is 0 Å². The molecule has 2 heteroatoms. The summed E-state index contributed by atoms with van der Waals surface area (Å²) in [4.78, 5) is 0. The molecule has 0 bridgehead atoms. The highest BCUT2D eigenvalue weighted by Gasteiger charge is 1.98. The maximum atomic E-state index is 5.45. The van der Waals surface area contributed by atoms with E-state index in [0.717, 1.165) is 5.75 Å². The van der Waals surface area contributed by atoms with Crippen molar-refractivity contribution in [1.82, 2.24) is 0 Å². The van der Waals surface area contributed by atoms with E-state index in [-0.39, 0.29) is 0 Å². The molecule has 0 spiro atoms. The smallest absolute Gasteiger partial charge is 0.139 e. The highest BCUT2D eigenvalue weighted by atomic mass is 127. The zero-order chi connectivity index (χ0) is 10.5. The fraction of sp³-hybridized carbons (Fsp3) is 0.0769. The molecule has 0 aliphatic heterocycles. The molecule has 0 unspecified atom stereocenters. The average molecular weight is 310 g/mol. The van der Waals surface area contributed by atoms with Crippen molar-refractivity contribution in [2.75, 3.05) is 4.61 Å². The molecular formula is C13H11IO. The van der Waals surface area contributed by atoms with Crippen LogP contribution in [0.4, 0.5) is 0 Å². The Bertz CT molecular complexity index is 426. The molecule has 0 radical (unpaired) electrons. The Balaban J connectivity index is 2.33. The summed E-state index contributed by atoms with van der Waals surface area (Å²) in [6.07, 6.45) is 0. The van der Waals surface area contributed by atoms with Crippen LogP contribution in [0.15, 0.2) is 54.6 Å². The first-order valence-electron chi connectivity index (χ1n) is 4.74. The van der Waals surface area contributed by atoms with Gasteiger partial charge in [0.15, 0.2) is 0 Å². The average Bonchev–Trinajstić information content (AvgIpc) is 2.31. The zero-order valence-corrected chi connectivity index (χ0v) is 10.3. The molecular weight excluding hydrogens is 299 g/mol. The molecule has 0 saturated heterocycles. The van der Waals surface area contributed by atoms with E-state index in [1.165, 1.54) is 11.1 Å². The molecule has 76 valence electrons. The third-order valence-electron chi connectivity index (χ3n) is 2.16. The molecule has 0 aliphatic rings. The van der Waals surface area contributed by atoms with Crippen molar-refractivity contribution in [3.63, 3.8) is 0 Å². The predicted molar refractivity (Wildman–Crippen MR) is 71.4 cm³/mol. The molecule has 0 heterocycles. The minimum absolute atomic E-state index is 0.677. The minimum Gasteiger partial charge on any atom is -0.483 e. The van der Waals surface area contributed by atoms with Gasteiger partial charge < -0.3 is 4.74 Å². The summed E-state index contributed by atoms with van der Waals surface area (Å²) in [6, 6.07) is 18.5. The van der Waals surface area contributed by atoms with Gasteiger partial charge in [0.1, 0.15) is 10.4 Å². The second kappa shape index (κ2) is 5.16. The van der Waals surface area contributed by atoms with E-state index >= 15 is 0 Å². The Morgan fingerprint density at radius 3 is 2.33 bits per heavy atom. The van der Waals surface area contributed by atoms with Crippen LogP contribution < -0.4 is 4.74 Å². The summed E-state index contributed by atoms with van der Waals surface area (Å²) in [7, 11) is 0. The van der Waals surface area contributed by atoms with Crippen LogP contribution in [-0.2, 0) is 0 Å². The molecule has 15 heavy (non-hydrogen) atoms. The number of halogens is 1. The van der Waals surface area contributed by atoms with Crippen molar-refractivity contribution < 1.29 is 4.74 Å². The monoisotopic (exact) mass is 310 g/mol. The van der Waals surface area contributed by atoms with Crippen molar-refractivity contribution in [3.05, 3.63) is 54.6 Å². The van der Waals surface area contributed by atoms with E-state index in [1.54, 1.807) is 0 Å². The second-order valence-electron chi connectivity index (χ2n) is 3.15. The molecule has 0 amide bonds. The maximum Gasteiger partial charge on any atom is 0.139 e. The van der Waals surface area contributed by atoms with Gasteiger partial charge in [-0.2, -0.15) is 0 Å². The van der Waals surface area contributed by atoms with Crippen LogP contribution in [0.3, 0.4) is 0 Å². The minimum atomic E-state index is 0.677. The quantitative estimate of drug-likeness (QED) is 0.612. The van der Waals surface area contributed by atoms with Gasteiger partial charge in [-0.05, 0) is 45.9 Å². The molecule has 1 nitrogen and oxygen atoms in total. The number of alkyl halides is 1. The third-order valence-corrected chi connectivity index (χ3v) is 2.47. The maximum absolute atomic E-state index is 5.45. The van der Waals surface area contributed by atoms with Crippen molar-refractivity contribution in [2.24, 2.45) is 0 Å². The van der Waals surface area contributed by atoms with E-state index in [9.17, 15) is 0 Å². The van der Waals surface area contributed by atoms with Crippen molar-refractivity contribution in [2.45, 2.75) is 0 Å². The summed E-state index contributed by atoms with van der Waals surface area (Å²) in [5, 5.41) is 0. The Kier molecular flexibility index (Phi) is 3.61. The van der Waals surface area contributed by atoms with Crippen LogP contribution in [0.2, 0.25) is 0 Å². The van der Waals surface area contributed by atoms with E-state index < -0.39 is 0 Å². The Morgan fingerprint density at radius 2 is 1.60 bits per heavy atom. The van der Waals surface area contributed by atoms with Crippen molar-refractivity contribution in [1.29, 1.82) is 0 Å². The van der Waals surface area contributed by atoms with Crippen LogP contribution in [0.25, 0.3) is 11.1 Å². The SMILES string of the molecule is ICOc1cccc(-c2ccccc2)c1. The van der Waals surface area contributed by atoms with Crippen LogP contribution >= 0.6 is 22.6 Å². The molecule has 0 fully saturated rings. The Morgan fingerprint density at radius 1 is 0.867 bits per heavy atom. The summed E-state index contributed by atoms with van der Waals surface area (Å²) in [6.45, 7) is 0. The molecule has 0 saturated carbocycles. The molecule has 2 aromatic carbocycles. The van der Waals surface area contributed by atoms with E-state index in [4.69, 9.17) is 4.74 Å². The molecule has 2 aromatic rings. The van der Waals surface area contributed by atoms with Crippen LogP contribution in [-0.4, -0.2) is 4.61 Å². The third kappa shape index (κ3) is 2.72. The molecule has 0 aromatic heterocycles. The first-order valence-corrected chi connectivity index (χ1v) is 6.27. The number of benzene rings is 2. The highest BCUT2D eigenvalue weighted by Crippen LogP contribution is 2.23. The summed E-state index contributed by atoms with van der Waals surface area (Å²) >= 11 is 2.20. The lowest BCUT2D eigenvalue weighted by molar-refractivity contribution is 0.404. The number of ether oxygens (including phenoxy) is 1. The van der Waals surface area contributed by atoms with Crippen LogP contribution in [0.5, 0.6) is 5.75 Å². The van der Waals surface area contributed by atoms with Gasteiger partial charge in [-0.1, -0.05) is 42.5 Å². The number of rotatable bonds is 3. The lowest BCUT2D eigenvalue weighted by Gasteiger charge is -2.05. The zero-order valence-electron chi connectivity index (χ0n) is 8.19. The van der Waals surface area contributed by atoms with Crippen molar-refractivity contribution in [3.8, 4) is 16.9 Å². The number of hydrogen-bond acceptors (Lipinski definition) is 1. The van der Waals surface area contributed by atoms with E-state index in [1.807, 2.05) is 30.3 Å². The first kappa shape index (κ1) is 10.5. The fourth-order valence-electron chi connectivity index (χ4n) is 1.46. The normalized spacial score (nSPS) is 9.93. The highest BCUT2D eigenvalue weighted by molar-refractivity contribution is 14.1. The topological polar surface area (TPSA) is 9.23 Å². The van der Waals surface area contributed by atoms with Gasteiger partial charge in [0.05, 0.1) is 0 Å². The summed E-state index contributed by atoms with van der Waals surface area (Å²) in [5.41, 5.74) is 2.41. The second-order valence-corrected chi connectivity index (χ2v) is 3.77. The van der Waals surface area contributed by atoms with E-state index in [0.29, 0.717) is 4.61 Å². The van der Waals surface area contributed by atoms with Gasteiger partial charge in [0.25, 0.3) is 0 Å². The fourth-order valence-corrected chi connectivity index (χ4v) is 1.82. The molecule has 0 aliphatic carbocycles. The van der Waals surface area contributed by atoms with Gasteiger partial charge in [0, 0.05) is 0 Å². The predicted octanol–water partition coefficient (Wildman–Crippen LogP) is 4.12.